The van der Waals surface area contributed by atoms with Crippen LogP contribution in [0, 0.1) is 17.5 Å². The molecule has 0 aliphatic heterocycles. The second-order valence-electron chi connectivity index (χ2n) is 9.34. The minimum absolute atomic E-state index is 0.00942. The number of rotatable bonds is 15. The largest absolute Gasteiger partial charge is 0.494 e. The van der Waals surface area contributed by atoms with Gasteiger partial charge in [0, 0.05) is 0 Å². The van der Waals surface area contributed by atoms with Crippen LogP contribution in [0.25, 0.3) is 0 Å². The fourth-order valence-corrected chi connectivity index (χ4v) is 5.05. The molecule has 2 aromatic carbocycles. The molecule has 0 bridgehead atoms. The molecule has 0 aliphatic carbocycles. The number of carbonyl (C=O) groups is 2. The maximum atomic E-state index is 14.7. The monoisotopic (exact) mass is 538 g/mol. The molecule has 5 nitrogen and oxygen atoms in total. The Kier molecular flexibility index (Phi) is 12.7. The molecule has 1 unspecified atom stereocenters. The van der Waals surface area contributed by atoms with Crippen molar-refractivity contribution in [1.82, 2.24) is 0 Å². The lowest BCUT2D eigenvalue weighted by Crippen LogP contribution is -2.31. The van der Waals surface area contributed by atoms with Gasteiger partial charge in [-0.2, -0.15) is 4.39 Å². The Balaban J connectivity index is 2.20. The van der Waals surface area contributed by atoms with Crippen LogP contribution in [0.2, 0.25) is 13.1 Å². The van der Waals surface area contributed by atoms with Crippen LogP contribution in [0.15, 0.2) is 30.3 Å². The van der Waals surface area contributed by atoms with E-state index in [0.29, 0.717) is 12.5 Å². The highest BCUT2D eigenvalue weighted by Gasteiger charge is 2.28. The van der Waals surface area contributed by atoms with Crippen molar-refractivity contribution in [2.45, 2.75) is 84.0 Å². The molecule has 0 aliphatic rings. The third kappa shape index (κ3) is 8.91. The molecule has 2 aromatic rings. The van der Waals surface area contributed by atoms with Gasteiger partial charge in [-0.05, 0) is 31.0 Å². The van der Waals surface area contributed by atoms with Crippen LogP contribution in [0.5, 0.6) is 11.5 Å². The zero-order valence-corrected chi connectivity index (χ0v) is 23.2. The first kappa shape index (κ1) is 30.4. The molecule has 0 heterocycles. The summed E-state index contributed by atoms with van der Waals surface area (Å²) in [4.78, 5) is 24.9. The number of hydrogen-bond donors (Lipinski definition) is 0. The number of ether oxygens (including phenoxy) is 3. The smallest absolute Gasteiger partial charge is 0.347 e. The van der Waals surface area contributed by atoms with Gasteiger partial charge in [-0.15, -0.1) is 0 Å². The summed E-state index contributed by atoms with van der Waals surface area (Å²) in [5.74, 6) is -8.11. The fraction of sp³-hybridized carbons (Fsp3) is 0.500. The van der Waals surface area contributed by atoms with Gasteiger partial charge in [-0.3, -0.25) is 0 Å². The molecule has 0 radical (unpaired) electrons. The molecule has 0 N–H and O–H groups in total. The fourth-order valence-electron chi connectivity index (χ4n) is 3.73. The maximum absolute atomic E-state index is 14.7. The van der Waals surface area contributed by atoms with E-state index in [1.54, 1.807) is 18.2 Å². The lowest BCUT2D eigenvalue weighted by Gasteiger charge is -2.23. The topological polar surface area (TPSA) is 61.8 Å². The van der Waals surface area contributed by atoms with Gasteiger partial charge >= 0.3 is 11.9 Å². The maximum Gasteiger partial charge on any atom is 0.347 e. The van der Waals surface area contributed by atoms with Crippen LogP contribution in [0.3, 0.4) is 0 Å². The lowest BCUT2D eigenvalue weighted by atomic mass is 10.1. The van der Waals surface area contributed by atoms with Crippen molar-refractivity contribution in [3.8, 4) is 11.5 Å². The third-order valence-corrected chi connectivity index (χ3v) is 7.94. The average Bonchev–Trinajstić information content (AvgIpc) is 2.87. The van der Waals surface area contributed by atoms with Crippen molar-refractivity contribution < 1.29 is 37.0 Å². The van der Waals surface area contributed by atoms with Gasteiger partial charge in [0.15, 0.2) is 11.6 Å². The molecule has 1 atom stereocenters. The molecule has 9 heteroatoms. The van der Waals surface area contributed by atoms with Crippen LogP contribution >= 0.6 is 0 Å². The second-order valence-corrected chi connectivity index (χ2v) is 12.6. The summed E-state index contributed by atoms with van der Waals surface area (Å²) in [6.45, 7) is 8.32. The molecule has 0 spiro atoms. The predicted molar refractivity (Wildman–Crippen MR) is 140 cm³/mol. The van der Waals surface area contributed by atoms with E-state index in [1.807, 2.05) is 6.92 Å². The molecular formula is C28H37F3O5Si. The Morgan fingerprint density at radius 3 is 2.22 bits per heavy atom. The SMILES string of the molecule is CCCCCCCC(Oc1ccccc1C(=O)Oc1c(F)cc(C(=O)OCCCC)c(F)c1F)[SiH](C)C. The summed E-state index contributed by atoms with van der Waals surface area (Å²) in [6.07, 6.45) is 7.71. The predicted octanol–water partition coefficient (Wildman–Crippen LogP) is 7.41. The summed E-state index contributed by atoms with van der Waals surface area (Å²) < 4.78 is 59.8. The third-order valence-electron chi connectivity index (χ3n) is 5.98. The molecule has 2 rings (SSSR count). The van der Waals surface area contributed by atoms with Crippen molar-refractivity contribution in [2.24, 2.45) is 0 Å². The van der Waals surface area contributed by atoms with Crippen molar-refractivity contribution in [3.63, 3.8) is 0 Å². The number of halogens is 3. The summed E-state index contributed by atoms with van der Waals surface area (Å²) in [5.41, 5.74) is -0.979. The number of hydrogen-bond acceptors (Lipinski definition) is 5. The number of unbranched alkanes of at least 4 members (excludes halogenated alkanes) is 5. The van der Waals surface area contributed by atoms with Gasteiger partial charge in [0.1, 0.15) is 16.9 Å². The van der Waals surface area contributed by atoms with Crippen molar-refractivity contribution in [1.29, 1.82) is 0 Å². The highest BCUT2D eigenvalue weighted by Crippen LogP contribution is 2.30. The summed E-state index contributed by atoms with van der Waals surface area (Å²) >= 11 is 0. The van der Waals surface area contributed by atoms with Gasteiger partial charge in [0.25, 0.3) is 0 Å². The van der Waals surface area contributed by atoms with E-state index in [-0.39, 0.29) is 23.6 Å². The molecule has 0 aromatic heterocycles. The van der Waals surface area contributed by atoms with Crippen molar-refractivity contribution in [2.75, 3.05) is 6.61 Å². The van der Waals surface area contributed by atoms with E-state index in [9.17, 15) is 22.8 Å². The van der Waals surface area contributed by atoms with Gasteiger partial charge in [-0.1, -0.05) is 77.6 Å². The highest BCUT2D eigenvalue weighted by atomic mass is 28.3. The first-order valence-electron chi connectivity index (χ1n) is 13.0. The Hall–Kier alpha value is -2.81. The second kappa shape index (κ2) is 15.4. The van der Waals surface area contributed by atoms with Crippen LogP contribution in [-0.2, 0) is 4.74 Å². The Morgan fingerprint density at radius 1 is 0.865 bits per heavy atom. The highest BCUT2D eigenvalue weighted by molar-refractivity contribution is 6.57. The summed E-state index contributed by atoms with van der Waals surface area (Å²) in [6, 6.07) is 6.74. The number of carbonyl (C=O) groups excluding carboxylic acids is 2. The zero-order chi connectivity index (χ0) is 27.4. The lowest BCUT2D eigenvalue weighted by molar-refractivity contribution is 0.0492. The summed E-state index contributed by atoms with van der Waals surface area (Å²) in [5, 5.41) is 0. The molecular weight excluding hydrogens is 501 g/mol. The van der Waals surface area contributed by atoms with Crippen molar-refractivity contribution >= 4 is 20.7 Å². The Labute approximate surface area is 218 Å². The standard InChI is InChI=1S/C28H37F3O5Si/c1-5-7-9-10-11-16-23(37(3)4)35-22-15-13-12-14-19(22)28(33)36-26-21(29)18-20(24(30)25(26)31)27(32)34-17-8-6-2/h12-15,18,23,37H,5-11,16-17H2,1-4H3. The normalized spacial score (nSPS) is 11.9. The molecule has 37 heavy (non-hydrogen) atoms. The van der Waals surface area contributed by atoms with Gasteiger partial charge < -0.3 is 14.2 Å². The quantitative estimate of drug-likeness (QED) is 0.0777. The Bertz CT molecular complexity index is 1040. The molecule has 204 valence electrons. The first-order valence-corrected chi connectivity index (χ1v) is 16.0. The molecule has 0 saturated heterocycles. The zero-order valence-electron chi connectivity index (χ0n) is 22.1. The van der Waals surface area contributed by atoms with E-state index >= 15 is 0 Å². The van der Waals surface area contributed by atoms with E-state index in [2.05, 4.69) is 20.0 Å². The van der Waals surface area contributed by atoms with Gasteiger partial charge in [0.2, 0.25) is 11.6 Å². The van der Waals surface area contributed by atoms with E-state index in [1.165, 1.54) is 12.5 Å². The van der Waals surface area contributed by atoms with E-state index in [4.69, 9.17) is 14.2 Å². The molecule has 0 fully saturated rings. The average molecular weight is 539 g/mol. The minimum Gasteiger partial charge on any atom is -0.494 e. The number of esters is 2. The van der Waals surface area contributed by atoms with Crippen LogP contribution in [0.4, 0.5) is 13.2 Å². The Morgan fingerprint density at radius 2 is 1.54 bits per heavy atom. The summed E-state index contributed by atoms with van der Waals surface area (Å²) in [7, 11) is -1.27. The van der Waals surface area contributed by atoms with E-state index in [0.717, 1.165) is 38.5 Å². The van der Waals surface area contributed by atoms with Crippen LogP contribution < -0.4 is 9.47 Å². The van der Waals surface area contributed by atoms with Crippen LogP contribution in [0.1, 0.15) is 85.9 Å². The van der Waals surface area contributed by atoms with Gasteiger partial charge in [-0.25, -0.2) is 18.4 Å². The van der Waals surface area contributed by atoms with Crippen molar-refractivity contribution in [3.05, 3.63) is 58.9 Å². The van der Waals surface area contributed by atoms with E-state index < -0.39 is 49.5 Å². The first-order chi connectivity index (χ1) is 17.7. The van der Waals surface area contributed by atoms with Gasteiger partial charge in [0.05, 0.1) is 21.1 Å². The molecule has 0 amide bonds. The number of benzene rings is 2. The number of para-hydroxylation sites is 1. The molecule has 0 saturated carbocycles. The van der Waals surface area contributed by atoms with Crippen LogP contribution in [-0.4, -0.2) is 33.1 Å². The minimum atomic E-state index is -1.78.